The number of sulfonamides is 1. The molecule has 0 aliphatic carbocycles. The van der Waals surface area contributed by atoms with Gasteiger partial charge in [0, 0.05) is 26.7 Å². The van der Waals surface area contributed by atoms with E-state index < -0.39 is 10.0 Å². The second-order valence-corrected chi connectivity index (χ2v) is 7.37. The van der Waals surface area contributed by atoms with Crippen LogP contribution in [0.3, 0.4) is 0 Å². The van der Waals surface area contributed by atoms with Gasteiger partial charge in [-0.2, -0.15) is 4.31 Å². The van der Waals surface area contributed by atoms with Gasteiger partial charge < -0.3 is 10.1 Å². The Morgan fingerprint density at radius 1 is 1.29 bits per heavy atom. The highest BCUT2D eigenvalue weighted by atomic mass is 32.2. The molecule has 1 unspecified atom stereocenters. The summed E-state index contributed by atoms with van der Waals surface area (Å²) in [6, 6.07) is 3.48. The van der Waals surface area contributed by atoms with Crippen molar-refractivity contribution in [1.29, 1.82) is 0 Å². The molecule has 1 aromatic carbocycles. The van der Waals surface area contributed by atoms with Crippen LogP contribution in [0.5, 0.6) is 0 Å². The van der Waals surface area contributed by atoms with E-state index in [1.807, 2.05) is 33.9 Å². The SMILES string of the molecule is CNCc1cc(S(=O)(=O)N(C)C(C)COC)c(C)cc1C. The lowest BCUT2D eigenvalue weighted by atomic mass is 10.1. The third-order valence-corrected chi connectivity index (χ3v) is 5.80. The van der Waals surface area contributed by atoms with Crippen LogP contribution >= 0.6 is 0 Å². The number of ether oxygens (including phenoxy) is 1. The molecule has 21 heavy (non-hydrogen) atoms. The molecule has 0 heterocycles. The first kappa shape index (κ1) is 18.1. The molecule has 0 fully saturated rings. The zero-order valence-electron chi connectivity index (χ0n) is 13.7. The van der Waals surface area contributed by atoms with Gasteiger partial charge in [0.25, 0.3) is 0 Å². The molecule has 0 aliphatic rings. The maximum atomic E-state index is 12.8. The van der Waals surface area contributed by atoms with E-state index in [-0.39, 0.29) is 6.04 Å². The van der Waals surface area contributed by atoms with Gasteiger partial charge in [-0.25, -0.2) is 8.42 Å². The first-order valence-corrected chi connectivity index (χ1v) is 8.41. The molecular formula is C15H26N2O3S. The Balaban J connectivity index is 3.27. The number of nitrogens with zero attached hydrogens (tertiary/aromatic N) is 1. The van der Waals surface area contributed by atoms with E-state index >= 15 is 0 Å². The van der Waals surface area contributed by atoms with Crippen LogP contribution < -0.4 is 5.32 Å². The molecule has 5 nitrogen and oxygen atoms in total. The van der Waals surface area contributed by atoms with Crippen molar-refractivity contribution in [2.75, 3.05) is 27.8 Å². The van der Waals surface area contributed by atoms with Gasteiger partial charge in [0.1, 0.15) is 0 Å². The first-order chi connectivity index (χ1) is 9.75. The highest BCUT2D eigenvalue weighted by molar-refractivity contribution is 7.89. The first-order valence-electron chi connectivity index (χ1n) is 6.97. The number of methoxy groups -OCH3 is 1. The minimum Gasteiger partial charge on any atom is -0.383 e. The van der Waals surface area contributed by atoms with Crippen molar-refractivity contribution in [3.63, 3.8) is 0 Å². The molecule has 1 rings (SSSR count). The van der Waals surface area contributed by atoms with Gasteiger partial charge in [0.15, 0.2) is 0 Å². The summed E-state index contributed by atoms with van der Waals surface area (Å²) in [5.74, 6) is 0. The maximum Gasteiger partial charge on any atom is 0.243 e. The molecule has 0 amide bonds. The summed E-state index contributed by atoms with van der Waals surface area (Å²) >= 11 is 0. The van der Waals surface area contributed by atoms with Gasteiger partial charge in [-0.15, -0.1) is 0 Å². The average molecular weight is 314 g/mol. The van der Waals surface area contributed by atoms with Crippen LogP contribution in [0.25, 0.3) is 0 Å². The summed E-state index contributed by atoms with van der Waals surface area (Å²) in [7, 11) is 1.49. The third kappa shape index (κ3) is 4.03. The van der Waals surface area contributed by atoms with Crippen molar-refractivity contribution in [2.45, 2.75) is 38.3 Å². The van der Waals surface area contributed by atoms with Crippen LogP contribution in [0.4, 0.5) is 0 Å². The molecule has 0 saturated carbocycles. The fraction of sp³-hybridized carbons (Fsp3) is 0.600. The molecule has 0 radical (unpaired) electrons. The lowest BCUT2D eigenvalue weighted by Gasteiger charge is -2.25. The van der Waals surface area contributed by atoms with Crippen LogP contribution in [-0.2, 0) is 21.3 Å². The van der Waals surface area contributed by atoms with E-state index in [4.69, 9.17) is 4.74 Å². The van der Waals surface area contributed by atoms with Crippen molar-refractivity contribution in [2.24, 2.45) is 0 Å². The van der Waals surface area contributed by atoms with Crippen LogP contribution in [0.15, 0.2) is 17.0 Å². The Bertz CT molecular complexity index is 585. The maximum absolute atomic E-state index is 12.8. The van der Waals surface area contributed by atoms with Crippen LogP contribution in [-0.4, -0.2) is 46.6 Å². The second kappa shape index (κ2) is 7.35. The van der Waals surface area contributed by atoms with E-state index in [0.717, 1.165) is 16.7 Å². The van der Waals surface area contributed by atoms with Gasteiger partial charge in [-0.1, -0.05) is 6.07 Å². The summed E-state index contributed by atoms with van der Waals surface area (Å²) in [4.78, 5) is 0.365. The molecule has 120 valence electrons. The summed E-state index contributed by atoms with van der Waals surface area (Å²) in [5.41, 5.74) is 2.85. The van der Waals surface area contributed by atoms with Crippen LogP contribution in [0.1, 0.15) is 23.6 Å². The predicted octanol–water partition coefficient (Wildman–Crippen LogP) is 1.68. The van der Waals surface area contributed by atoms with Crippen molar-refractivity contribution >= 4 is 10.0 Å². The van der Waals surface area contributed by atoms with Gasteiger partial charge in [0.2, 0.25) is 10.0 Å². The minimum atomic E-state index is -3.52. The summed E-state index contributed by atoms with van der Waals surface area (Å²) in [6.45, 7) is 6.67. The number of benzene rings is 1. The fourth-order valence-corrected chi connectivity index (χ4v) is 3.87. The molecule has 0 aromatic heterocycles. The largest absolute Gasteiger partial charge is 0.383 e. The molecule has 1 N–H and O–H groups in total. The Hall–Kier alpha value is -0.950. The van der Waals surface area contributed by atoms with Crippen LogP contribution in [0, 0.1) is 13.8 Å². The predicted molar refractivity (Wildman–Crippen MR) is 85.0 cm³/mol. The number of hydrogen-bond acceptors (Lipinski definition) is 4. The highest BCUT2D eigenvalue weighted by Gasteiger charge is 2.27. The molecular weight excluding hydrogens is 288 g/mol. The average Bonchev–Trinajstić information content (AvgIpc) is 2.41. The number of likely N-dealkylation sites (N-methyl/N-ethyl adjacent to an activating group) is 1. The minimum absolute atomic E-state index is 0.214. The topological polar surface area (TPSA) is 58.6 Å². The highest BCUT2D eigenvalue weighted by Crippen LogP contribution is 2.24. The van der Waals surface area contributed by atoms with Crippen LogP contribution in [0.2, 0.25) is 0 Å². The molecule has 1 aromatic rings. The van der Waals surface area contributed by atoms with Gasteiger partial charge in [-0.05, 0) is 50.6 Å². The molecule has 1 atom stereocenters. The van der Waals surface area contributed by atoms with Gasteiger partial charge >= 0.3 is 0 Å². The Labute approximate surface area is 128 Å². The summed E-state index contributed by atoms with van der Waals surface area (Å²) in [5, 5.41) is 3.07. The van der Waals surface area contributed by atoms with Gasteiger partial charge in [0.05, 0.1) is 11.5 Å². The molecule has 0 saturated heterocycles. The smallest absolute Gasteiger partial charge is 0.243 e. The number of nitrogens with one attached hydrogen (secondary N) is 1. The monoisotopic (exact) mass is 314 g/mol. The molecule has 6 heteroatoms. The Morgan fingerprint density at radius 3 is 2.43 bits per heavy atom. The van der Waals surface area contributed by atoms with Crippen molar-refractivity contribution in [3.8, 4) is 0 Å². The zero-order chi connectivity index (χ0) is 16.2. The quantitative estimate of drug-likeness (QED) is 0.832. The summed E-state index contributed by atoms with van der Waals surface area (Å²) in [6.07, 6.45) is 0. The van der Waals surface area contributed by atoms with E-state index in [9.17, 15) is 8.42 Å². The molecule has 0 spiro atoms. The zero-order valence-corrected chi connectivity index (χ0v) is 14.5. The van der Waals surface area contributed by atoms with E-state index in [2.05, 4.69) is 5.32 Å². The van der Waals surface area contributed by atoms with Gasteiger partial charge in [-0.3, -0.25) is 0 Å². The normalized spacial score (nSPS) is 13.7. The van der Waals surface area contributed by atoms with E-state index in [0.29, 0.717) is 18.0 Å². The lowest BCUT2D eigenvalue weighted by molar-refractivity contribution is 0.149. The van der Waals surface area contributed by atoms with Crippen molar-refractivity contribution in [3.05, 3.63) is 28.8 Å². The molecule has 0 bridgehead atoms. The third-order valence-electron chi connectivity index (χ3n) is 3.69. The number of aryl methyl sites for hydroxylation is 2. The van der Waals surface area contributed by atoms with Crippen molar-refractivity contribution in [1.82, 2.24) is 9.62 Å². The Kier molecular flexibility index (Phi) is 6.34. The van der Waals surface area contributed by atoms with Crippen molar-refractivity contribution < 1.29 is 13.2 Å². The van der Waals surface area contributed by atoms with E-state index in [1.165, 1.54) is 4.31 Å². The van der Waals surface area contributed by atoms with E-state index in [1.54, 1.807) is 20.2 Å². The number of hydrogen-bond donors (Lipinski definition) is 1. The standard InChI is InChI=1S/C15H26N2O3S/c1-11-7-12(2)15(8-14(11)9-16-4)21(18,19)17(5)13(3)10-20-6/h7-8,13,16H,9-10H2,1-6H3. The lowest BCUT2D eigenvalue weighted by Crippen LogP contribution is -2.38. The Morgan fingerprint density at radius 2 is 1.90 bits per heavy atom. The molecule has 0 aliphatic heterocycles. The fourth-order valence-electron chi connectivity index (χ4n) is 2.27. The summed E-state index contributed by atoms with van der Waals surface area (Å²) < 4.78 is 32.0. The second-order valence-electron chi connectivity index (χ2n) is 5.40. The number of rotatable bonds is 7.